The molecule has 25 heavy (non-hydrogen) atoms. The van der Waals surface area contributed by atoms with Crippen LogP contribution in [0.4, 0.5) is 0 Å². The Balaban J connectivity index is 1.90. The first-order valence-corrected chi connectivity index (χ1v) is 7.66. The molecule has 1 atom stereocenters. The second-order valence-electron chi connectivity index (χ2n) is 5.61. The van der Waals surface area contributed by atoms with Gasteiger partial charge in [-0.05, 0) is 5.56 Å². The Hall–Kier alpha value is -3.42. The lowest BCUT2D eigenvalue weighted by Crippen LogP contribution is -2.38. The number of aromatic amines is 1. The standard InChI is InChI=1S/C17H17N5O3/c1-21-9-13(16(24)20-17(21)25)15(23)19-14(10-22-8-7-18-11-22)12-5-3-2-4-6-12/h2-9,11,14H,10H2,1H3,(H,19,23)(H,20,24,25)/t14-/m0/s1. The number of aromatic nitrogens is 4. The van der Waals surface area contributed by atoms with Gasteiger partial charge < -0.3 is 14.5 Å². The topological polar surface area (TPSA) is 102 Å². The van der Waals surface area contributed by atoms with Crippen LogP contribution < -0.4 is 16.6 Å². The minimum atomic E-state index is -0.713. The van der Waals surface area contributed by atoms with Crippen LogP contribution in [-0.4, -0.2) is 25.0 Å². The minimum absolute atomic E-state index is 0.117. The van der Waals surface area contributed by atoms with Gasteiger partial charge in [0.2, 0.25) is 0 Å². The first-order chi connectivity index (χ1) is 12.0. The molecule has 0 aliphatic rings. The van der Waals surface area contributed by atoms with Crippen molar-refractivity contribution in [3.63, 3.8) is 0 Å². The van der Waals surface area contributed by atoms with Crippen molar-refractivity contribution >= 4 is 5.91 Å². The normalized spacial score (nSPS) is 11.9. The van der Waals surface area contributed by atoms with E-state index in [1.54, 1.807) is 18.7 Å². The van der Waals surface area contributed by atoms with E-state index < -0.39 is 17.2 Å². The average Bonchev–Trinajstić information content (AvgIpc) is 3.11. The molecule has 8 heteroatoms. The number of carbonyl (C=O) groups excluding carboxylic acids is 1. The Morgan fingerprint density at radius 3 is 2.72 bits per heavy atom. The van der Waals surface area contributed by atoms with Crippen LogP contribution in [-0.2, 0) is 13.6 Å². The highest BCUT2D eigenvalue weighted by Gasteiger charge is 2.19. The first kappa shape index (κ1) is 16.4. The van der Waals surface area contributed by atoms with Crippen molar-refractivity contribution in [1.82, 2.24) is 24.4 Å². The molecule has 3 aromatic rings. The molecule has 0 unspecified atom stereocenters. The molecule has 0 spiro atoms. The molecule has 2 heterocycles. The zero-order valence-corrected chi connectivity index (χ0v) is 13.5. The summed E-state index contributed by atoms with van der Waals surface area (Å²) in [5.41, 5.74) is -0.505. The van der Waals surface area contributed by atoms with Crippen molar-refractivity contribution in [3.05, 3.63) is 87.2 Å². The van der Waals surface area contributed by atoms with Gasteiger partial charge in [-0.1, -0.05) is 30.3 Å². The number of carbonyl (C=O) groups is 1. The Kier molecular flexibility index (Phi) is 4.60. The van der Waals surface area contributed by atoms with Gasteiger partial charge in [0, 0.05) is 32.2 Å². The van der Waals surface area contributed by atoms with E-state index >= 15 is 0 Å². The van der Waals surface area contributed by atoms with Gasteiger partial charge in [-0.2, -0.15) is 0 Å². The fraction of sp³-hybridized carbons (Fsp3) is 0.176. The predicted molar refractivity (Wildman–Crippen MR) is 91.2 cm³/mol. The summed E-state index contributed by atoms with van der Waals surface area (Å²) in [6, 6.07) is 9.07. The molecule has 0 fully saturated rings. The number of amides is 1. The summed E-state index contributed by atoms with van der Waals surface area (Å²) in [6.45, 7) is 0.458. The van der Waals surface area contributed by atoms with Crippen molar-refractivity contribution in [3.8, 4) is 0 Å². The van der Waals surface area contributed by atoms with E-state index in [1.165, 1.54) is 13.2 Å². The van der Waals surface area contributed by atoms with E-state index in [-0.39, 0.29) is 11.6 Å². The summed E-state index contributed by atoms with van der Waals surface area (Å²) in [6.07, 6.45) is 6.33. The van der Waals surface area contributed by atoms with E-state index in [1.807, 2.05) is 34.9 Å². The second-order valence-corrected chi connectivity index (χ2v) is 5.61. The molecule has 2 N–H and O–H groups in total. The molecule has 1 aromatic carbocycles. The highest BCUT2D eigenvalue weighted by Crippen LogP contribution is 2.15. The zero-order chi connectivity index (χ0) is 17.8. The Labute approximate surface area is 142 Å². The number of hydrogen-bond donors (Lipinski definition) is 2. The van der Waals surface area contributed by atoms with E-state index in [0.717, 1.165) is 10.1 Å². The third-order valence-electron chi connectivity index (χ3n) is 3.81. The van der Waals surface area contributed by atoms with Crippen LogP contribution in [0.1, 0.15) is 22.0 Å². The van der Waals surface area contributed by atoms with Crippen molar-refractivity contribution in [2.24, 2.45) is 7.05 Å². The van der Waals surface area contributed by atoms with Crippen LogP contribution >= 0.6 is 0 Å². The molecule has 8 nitrogen and oxygen atoms in total. The number of H-pyrrole nitrogens is 1. The van der Waals surface area contributed by atoms with Crippen molar-refractivity contribution < 1.29 is 4.79 Å². The lowest BCUT2D eigenvalue weighted by atomic mass is 10.1. The van der Waals surface area contributed by atoms with Crippen molar-refractivity contribution in [2.45, 2.75) is 12.6 Å². The summed E-state index contributed by atoms with van der Waals surface area (Å²) < 4.78 is 2.99. The number of imidazole rings is 1. The molecule has 0 aliphatic carbocycles. The predicted octanol–water partition coefficient (Wildman–Crippen LogP) is 0.441. The fourth-order valence-corrected chi connectivity index (χ4v) is 2.49. The number of rotatable bonds is 5. The van der Waals surface area contributed by atoms with E-state index in [0.29, 0.717) is 6.54 Å². The van der Waals surface area contributed by atoms with Gasteiger partial charge in [0.1, 0.15) is 5.56 Å². The van der Waals surface area contributed by atoms with Crippen LogP contribution in [0, 0.1) is 0 Å². The molecule has 0 bridgehead atoms. The summed E-state index contributed by atoms with van der Waals surface area (Å²) in [4.78, 5) is 42.1. The molecular weight excluding hydrogens is 322 g/mol. The van der Waals surface area contributed by atoms with Crippen LogP contribution in [0.3, 0.4) is 0 Å². The number of hydrogen-bond acceptors (Lipinski definition) is 4. The number of nitrogens with one attached hydrogen (secondary N) is 2. The lowest BCUT2D eigenvalue weighted by molar-refractivity contribution is 0.0930. The summed E-state index contributed by atoms with van der Waals surface area (Å²) in [5, 5.41) is 2.85. The van der Waals surface area contributed by atoms with Crippen molar-refractivity contribution in [2.75, 3.05) is 0 Å². The highest BCUT2D eigenvalue weighted by molar-refractivity contribution is 5.93. The third kappa shape index (κ3) is 3.74. The van der Waals surface area contributed by atoms with Gasteiger partial charge in [-0.25, -0.2) is 9.78 Å². The maximum absolute atomic E-state index is 12.6. The Bertz CT molecular complexity index is 974. The number of aryl methyl sites for hydroxylation is 1. The van der Waals surface area contributed by atoms with Crippen LogP contribution in [0.2, 0.25) is 0 Å². The Morgan fingerprint density at radius 1 is 1.28 bits per heavy atom. The molecule has 0 aliphatic heterocycles. The molecule has 128 valence electrons. The maximum atomic E-state index is 12.6. The molecular formula is C17H17N5O3. The maximum Gasteiger partial charge on any atom is 0.328 e. The van der Waals surface area contributed by atoms with Gasteiger partial charge >= 0.3 is 5.69 Å². The Morgan fingerprint density at radius 2 is 2.04 bits per heavy atom. The number of benzene rings is 1. The molecule has 0 saturated heterocycles. The summed E-state index contributed by atoms with van der Waals surface area (Å²) in [5.74, 6) is -0.550. The minimum Gasteiger partial charge on any atom is -0.343 e. The molecule has 1 amide bonds. The van der Waals surface area contributed by atoms with Crippen molar-refractivity contribution in [1.29, 1.82) is 0 Å². The average molecular weight is 339 g/mol. The molecule has 0 saturated carbocycles. The van der Waals surface area contributed by atoms with Crippen LogP contribution in [0.5, 0.6) is 0 Å². The second kappa shape index (κ2) is 7.00. The summed E-state index contributed by atoms with van der Waals surface area (Å²) in [7, 11) is 1.47. The lowest BCUT2D eigenvalue weighted by Gasteiger charge is -2.19. The quantitative estimate of drug-likeness (QED) is 0.704. The zero-order valence-electron chi connectivity index (χ0n) is 13.5. The van der Waals surface area contributed by atoms with E-state index in [4.69, 9.17) is 0 Å². The van der Waals surface area contributed by atoms with Crippen LogP contribution in [0.15, 0.2) is 64.8 Å². The SMILES string of the molecule is Cn1cc(C(=O)N[C@@H](Cn2ccnc2)c2ccccc2)c(=O)[nH]c1=O. The monoisotopic (exact) mass is 339 g/mol. The molecule has 2 aromatic heterocycles. The highest BCUT2D eigenvalue weighted by atomic mass is 16.2. The van der Waals surface area contributed by atoms with Gasteiger partial charge in [0.05, 0.1) is 12.4 Å². The van der Waals surface area contributed by atoms with Gasteiger partial charge in [0.15, 0.2) is 0 Å². The molecule has 0 radical (unpaired) electrons. The van der Waals surface area contributed by atoms with E-state index in [2.05, 4.69) is 15.3 Å². The summed E-state index contributed by atoms with van der Waals surface area (Å²) >= 11 is 0. The molecule has 3 rings (SSSR count). The van der Waals surface area contributed by atoms with Gasteiger partial charge in [0.25, 0.3) is 11.5 Å². The third-order valence-corrected chi connectivity index (χ3v) is 3.81. The number of nitrogens with zero attached hydrogens (tertiary/aromatic N) is 3. The smallest absolute Gasteiger partial charge is 0.328 e. The van der Waals surface area contributed by atoms with E-state index in [9.17, 15) is 14.4 Å². The first-order valence-electron chi connectivity index (χ1n) is 7.66. The van der Waals surface area contributed by atoms with Gasteiger partial charge in [-0.3, -0.25) is 14.6 Å². The van der Waals surface area contributed by atoms with Crippen LogP contribution in [0.25, 0.3) is 0 Å². The fourth-order valence-electron chi connectivity index (χ4n) is 2.49. The largest absolute Gasteiger partial charge is 0.343 e. The van der Waals surface area contributed by atoms with Gasteiger partial charge in [-0.15, -0.1) is 0 Å².